The van der Waals surface area contributed by atoms with Gasteiger partial charge in [-0.25, -0.2) is 4.98 Å². The Kier molecular flexibility index (Phi) is 1.74. The Hall–Kier alpha value is -1.89. The first-order valence-electron chi connectivity index (χ1n) is 4.29. The van der Waals surface area contributed by atoms with E-state index in [4.69, 9.17) is 10.4 Å². The number of aromatic nitrogens is 1. The highest BCUT2D eigenvalue weighted by atomic mass is 16.4. The number of carboxylic acid groups (broad SMARTS) is 1. The van der Waals surface area contributed by atoms with Crippen LogP contribution in [0.4, 0.5) is 0 Å². The van der Waals surface area contributed by atoms with Gasteiger partial charge in [0.2, 0.25) is 0 Å². The van der Waals surface area contributed by atoms with Crippen LogP contribution in [0.25, 0.3) is 0 Å². The summed E-state index contributed by atoms with van der Waals surface area (Å²) in [5.41, 5.74) is 0.292. The molecule has 1 fully saturated rings. The van der Waals surface area contributed by atoms with Gasteiger partial charge in [-0.15, -0.1) is 0 Å². The lowest BCUT2D eigenvalue weighted by Crippen LogP contribution is -2.19. The van der Waals surface area contributed by atoms with E-state index in [0.717, 1.165) is 0 Å². The first-order chi connectivity index (χ1) is 6.69. The van der Waals surface area contributed by atoms with E-state index < -0.39 is 11.4 Å². The summed E-state index contributed by atoms with van der Waals surface area (Å²) in [5, 5.41) is 17.5. The fourth-order valence-corrected chi connectivity index (χ4v) is 1.49. The number of hydrogen-bond donors (Lipinski definition) is 1. The van der Waals surface area contributed by atoms with Crippen LogP contribution in [0.2, 0.25) is 0 Å². The van der Waals surface area contributed by atoms with Crippen LogP contribution in [0.15, 0.2) is 18.3 Å². The molecule has 0 unspecified atom stereocenters. The molecule has 0 radical (unpaired) electrons. The van der Waals surface area contributed by atoms with Gasteiger partial charge in [0.05, 0.1) is 5.41 Å². The molecule has 1 aromatic heterocycles. The van der Waals surface area contributed by atoms with E-state index in [9.17, 15) is 4.79 Å². The van der Waals surface area contributed by atoms with Gasteiger partial charge in [0.25, 0.3) is 0 Å². The third kappa shape index (κ3) is 1.14. The molecule has 2 rings (SSSR count). The first-order valence-corrected chi connectivity index (χ1v) is 4.29. The summed E-state index contributed by atoms with van der Waals surface area (Å²) in [5.74, 6) is -0.802. The number of pyridine rings is 1. The van der Waals surface area contributed by atoms with Gasteiger partial charge in [-0.1, -0.05) is 6.07 Å². The molecular weight excluding hydrogens is 180 g/mol. The Morgan fingerprint density at radius 3 is 2.64 bits per heavy atom. The third-order valence-electron chi connectivity index (χ3n) is 2.59. The van der Waals surface area contributed by atoms with Crippen molar-refractivity contribution in [3.05, 3.63) is 29.6 Å². The van der Waals surface area contributed by atoms with Crippen molar-refractivity contribution in [3.63, 3.8) is 0 Å². The van der Waals surface area contributed by atoms with Gasteiger partial charge in [-0.3, -0.25) is 4.79 Å². The minimum atomic E-state index is -0.802. The van der Waals surface area contributed by atoms with E-state index in [-0.39, 0.29) is 0 Å². The second-order valence-electron chi connectivity index (χ2n) is 3.43. The van der Waals surface area contributed by atoms with Gasteiger partial charge in [0.1, 0.15) is 11.8 Å². The minimum absolute atomic E-state index is 0.315. The molecule has 0 amide bonds. The number of aliphatic carboxylic acids is 1. The monoisotopic (exact) mass is 188 g/mol. The van der Waals surface area contributed by atoms with E-state index in [1.54, 1.807) is 12.1 Å². The Balaban J connectivity index is 2.35. The van der Waals surface area contributed by atoms with E-state index in [2.05, 4.69) is 4.98 Å². The first kappa shape index (κ1) is 8.70. The molecule has 4 heteroatoms. The highest BCUT2D eigenvalue weighted by molar-refractivity contribution is 5.84. The largest absolute Gasteiger partial charge is 0.481 e. The van der Waals surface area contributed by atoms with Gasteiger partial charge in [0.15, 0.2) is 0 Å². The predicted octanol–water partition coefficient (Wildman–Crippen LogP) is 1.07. The molecular formula is C10H8N2O2. The van der Waals surface area contributed by atoms with Crippen LogP contribution in [0.1, 0.15) is 24.1 Å². The maximum Gasteiger partial charge on any atom is 0.314 e. The van der Waals surface area contributed by atoms with Crippen molar-refractivity contribution >= 4 is 5.97 Å². The van der Waals surface area contributed by atoms with Crippen LogP contribution >= 0.6 is 0 Å². The molecule has 4 nitrogen and oxygen atoms in total. The minimum Gasteiger partial charge on any atom is -0.481 e. The normalized spacial score (nSPS) is 17.1. The van der Waals surface area contributed by atoms with E-state index in [1.165, 1.54) is 6.20 Å². The van der Waals surface area contributed by atoms with Crippen molar-refractivity contribution in [3.8, 4) is 6.07 Å². The molecule has 1 aromatic rings. The average molecular weight is 188 g/mol. The number of rotatable bonds is 2. The molecule has 1 aliphatic carbocycles. The standard InChI is InChI=1S/C10H8N2O2/c11-5-8-2-1-7(6-12-8)10(3-4-10)9(13)14/h1-2,6H,3-4H2,(H,13,14). The second kappa shape index (κ2) is 2.81. The van der Waals surface area contributed by atoms with E-state index in [1.807, 2.05) is 6.07 Å². The van der Waals surface area contributed by atoms with Crippen LogP contribution in [0, 0.1) is 11.3 Å². The maximum atomic E-state index is 10.9. The zero-order chi connectivity index (χ0) is 10.2. The fourth-order valence-electron chi connectivity index (χ4n) is 1.49. The molecule has 1 heterocycles. The molecule has 0 saturated heterocycles. The summed E-state index contributed by atoms with van der Waals surface area (Å²) in [6.07, 6.45) is 2.81. The Morgan fingerprint density at radius 2 is 2.29 bits per heavy atom. The van der Waals surface area contributed by atoms with Gasteiger partial charge in [-0.05, 0) is 24.5 Å². The van der Waals surface area contributed by atoms with Crippen molar-refractivity contribution < 1.29 is 9.90 Å². The second-order valence-corrected chi connectivity index (χ2v) is 3.43. The zero-order valence-corrected chi connectivity index (χ0v) is 7.40. The van der Waals surface area contributed by atoms with Crippen LogP contribution < -0.4 is 0 Å². The fraction of sp³-hybridized carbons (Fsp3) is 0.300. The summed E-state index contributed by atoms with van der Waals surface area (Å²) in [6.45, 7) is 0. The summed E-state index contributed by atoms with van der Waals surface area (Å²) < 4.78 is 0. The Bertz CT molecular complexity index is 413. The molecule has 1 aliphatic rings. The summed E-state index contributed by atoms with van der Waals surface area (Å²) in [6, 6.07) is 5.12. The van der Waals surface area contributed by atoms with Crippen LogP contribution in [0.5, 0.6) is 0 Å². The van der Waals surface area contributed by atoms with E-state index >= 15 is 0 Å². The van der Waals surface area contributed by atoms with Crippen LogP contribution in [0.3, 0.4) is 0 Å². The van der Waals surface area contributed by atoms with Gasteiger partial charge >= 0.3 is 5.97 Å². The van der Waals surface area contributed by atoms with Crippen molar-refractivity contribution in [2.24, 2.45) is 0 Å². The molecule has 1 saturated carbocycles. The molecule has 0 bridgehead atoms. The predicted molar refractivity (Wildman–Crippen MR) is 47.5 cm³/mol. The molecule has 0 aliphatic heterocycles. The highest BCUT2D eigenvalue weighted by Gasteiger charge is 2.51. The maximum absolute atomic E-state index is 10.9. The lowest BCUT2D eigenvalue weighted by molar-refractivity contribution is -0.140. The molecule has 0 aromatic carbocycles. The van der Waals surface area contributed by atoms with Crippen molar-refractivity contribution in [2.45, 2.75) is 18.3 Å². The molecule has 70 valence electrons. The van der Waals surface area contributed by atoms with Crippen molar-refractivity contribution in [1.29, 1.82) is 5.26 Å². The number of hydrogen-bond acceptors (Lipinski definition) is 3. The third-order valence-corrected chi connectivity index (χ3v) is 2.59. The van der Waals surface area contributed by atoms with E-state index in [0.29, 0.717) is 24.1 Å². The molecule has 14 heavy (non-hydrogen) atoms. The number of carboxylic acids is 1. The zero-order valence-electron chi connectivity index (χ0n) is 7.40. The number of nitriles is 1. The van der Waals surface area contributed by atoms with Crippen LogP contribution in [-0.2, 0) is 10.2 Å². The topological polar surface area (TPSA) is 74.0 Å². The number of nitrogens with zero attached hydrogens (tertiary/aromatic N) is 2. The Morgan fingerprint density at radius 1 is 1.57 bits per heavy atom. The highest BCUT2D eigenvalue weighted by Crippen LogP contribution is 2.48. The molecule has 0 spiro atoms. The SMILES string of the molecule is N#Cc1ccc(C2(C(=O)O)CC2)cn1. The van der Waals surface area contributed by atoms with Gasteiger partial charge in [0, 0.05) is 6.20 Å². The number of carbonyl (C=O) groups is 1. The quantitative estimate of drug-likeness (QED) is 0.753. The smallest absolute Gasteiger partial charge is 0.314 e. The molecule has 0 atom stereocenters. The summed E-state index contributed by atoms with van der Waals surface area (Å²) in [4.78, 5) is 14.8. The van der Waals surface area contributed by atoms with Crippen molar-refractivity contribution in [2.75, 3.05) is 0 Å². The summed E-state index contributed by atoms with van der Waals surface area (Å²) >= 11 is 0. The molecule has 1 N–H and O–H groups in total. The summed E-state index contributed by atoms with van der Waals surface area (Å²) in [7, 11) is 0. The Labute approximate surface area is 80.8 Å². The lowest BCUT2D eigenvalue weighted by atomic mass is 9.98. The van der Waals surface area contributed by atoms with Gasteiger partial charge in [-0.2, -0.15) is 5.26 Å². The lowest BCUT2D eigenvalue weighted by Gasteiger charge is -2.08. The van der Waals surface area contributed by atoms with Crippen molar-refractivity contribution in [1.82, 2.24) is 4.98 Å². The average Bonchev–Trinajstić information content (AvgIpc) is 2.99. The van der Waals surface area contributed by atoms with Gasteiger partial charge < -0.3 is 5.11 Å². The van der Waals surface area contributed by atoms with Crippen LogP contribution in [-0.4, -0.2) is 16.1 Å².